The maximum atomic E-state index is 4.61. The average Bonchev–Trinajstić information content (AvgIpc) is 2.51. The first-order chi connectivity index (χ1) is 10.9. The fourth-order valence-electron chi connectivity index (χ4n) is 2.58. The first kappa shape index (κ1) is 17.5. The van der Waals surface area contributed by atoms with Gasteiger partial charge in [0.1, 0.15) is 5.82 Å². The molecule has 1 fully saturated rings. The van der Waals surface area contributed by atoms with Gasteiger partial charge in [-0.05, 0) is 33.9 Å². The Morgan fingerprint density at radius 1 is 1.26 bits per heavy atom. The van der Waals surface area contributed by atoms with E-state index >= 15 is 0 Å². The van der Waals surface area contributed by atoms with Gasteiger partial charge < -0.3 is 20.4 Å². The number of pyridine rings is 1. The van der Waals surface area contributed by atoms with E-state index in [9.17, 15) is 0 Å². The molecular formula is C17H30N6. The lowest BCUT2D eigenvalue weighted by Crippen LogP contribution is -2.47. The second-order valence-electron chi connectivity index (χ2n) is 7.08. The Bertz CT molecular complexity index is 526. The molecule has 23 heavy (non-hydrogen) atoms. The summed E-state index contributed by atoms with van der Waals surface area (Å²) in [7, 11) is 3.96. The Labute approximate surface area is 140 Å². The molecule has 1 saturated heterocycles. The molecule has 2 rings (SSSR count). The molecule has 1 aliphatic heterocycles. The van der Waals surface area contributed by atoms with Crippen LogP contribution in [0.3, 0.4) is 0 Å². The summed E-state index contributed by atoms with van der Waals surface area (Å²) < 4.78 is 0. The van der Waals surface area contributed by atoms with Crippen LogP contribution >= 0.6 is 0 Å². The molecule has 0 bridgehead atoms. The number of guanidine groups is 1. The monoisotopic (exact) mass is 318 g/mol. The number of hydrogen-bond donors (Lipinski definition) is 2. The molecule has 6 nitrogen and oxygen atoms in total. The van der Waals surface area contributed by atoms with Crippen LogP contribution in [0.15, 0.2) is 23.3 Å². The van der Waals surface area contributed by atoms with Gasteiger partial charge in [0.25, 0.3) is 0 Å². The van der Waals surface area contributed by atoms with E-state index < -0.39 is 0 Å². The third-order valence-corrected chi connectivity index (χ3v) is 3.83. The summed E-state index contributed by atoms with van der Waals surface area (Å²) in [5.41, 5.74) is 1.19. The maximum absolute atomic E-state index is 4.61. The lowest BCUT2D eigenvalue weighted by atomic mass is 10.1. The number of nitrogens with one attached hydrogen (secondary N) is 2. The van der Waals surface area contributed by atoms with Gasteiger partial charge in [0, 0.05) is 57.1 Å². The number of hydrogen-bond acceptors (Lipinski definition) is 4. The van der Waals surface area contributed by atoms with Gasteiger partial charge in [-0.2, -0.15) is 0 Å². The van der Waals surface area contributed by atoms with Crippen LogP contribution in [-0.4, -0.2) is 61.7 Å². The zero-order chi connectivity index (χ0) is 16.9. The largest absolute Gasteiger partial charge is 0.354 e. The third-order valence-electron chi connectivity index (χ3n) is 3.83. The summed E-state index contributed by atoms with van der Waals surface area (Å²) in [6, 6.07) is 4.13. The van der Waals surface area contributed by atoms with E-state index in [2.05, 4.69) is 64.3 Å². The molecule has 2 N–H and O–H groups in total. The Morgan fingerprint density at radius 2 is 1.96 bits per heavy atom. The number of rotatable bonds is 3. The van der Waals surface area contributed by atoms with E-state index in [1.165, 1.54) is 5.56 Å². The van der Waals surface area contributed by atoms with Gasteiger partial charge in [0.2, 0.25) is 0 Å². The topological polar surface area (TPSA) is 55.8 Å². The molecule has 1 aromatic rings. The van der Waals surface area contributed by atoms with E-state index in [4.69, 9.17) is 0 Å². The Kier molecular flexibility index (Phi) is 5.82. The molecule has 0 saturated carbocycles. The predicted molar refractivity (Wildman–Crippen MR) is 97.0 cm³/mol. The fraction of sp³-hybridized carbons (Fsp3) is 0.647. The van der Waals surface area contributed by atoms with Crippen molar-refractivity contribution in [1.82, 2.24) is 20.5 Å². The van der Waals surface area contributed by atoms with Crippen molar-refractivity contribution in [3.05, 3.63) is 23.9 Å². The van der Waals surface area contributed by atoms with E-state index in [-0.39, 0.29) is 5.54 Å². The van der Waals surface area contributed by atoms with Gasteiger partial charge in [0.15, 0.2) is 5.96 Å². The predicted octanol–water partition coefficient (Wildman–Crippen LogP) is 1.30. The highest BCUT2D eigenvalue weighted by molar-refractivity contribution is 5.80. The molecule has 1 aromatic heterocycles. The summed E-state index contributed by atoms with van der Waals surface area (Å²) >= 11 is 0. The number of aliphatic imine (C=N–C) groups is 1. The minimum absolute atomic E-state index is 0.0168. The minimum Gasteiger partial charge on any atom is -0.354 e. The van der Waals surface area contributed by atoms with E-state index in [1.54, 1.807) is 7.05 Å². The van der Waals surface area contributed by atoms with Crippen LogP contribution < -0.4 is 15.5 Å². The van der Waals surface area contributed by atoms with Gasteiger partial charge in [0.05, 0.1) is 0 Å². The van der Waals surface area contributed by atoms with Gasteiger partial charge in [-0.1, -0.05) is 6.07 Å². The SMILES string of the molecule is CN=C(NCc1cccnc1N1CCN(C)CC1)NC(C)(C)C. The molecule has 2 heterocycles. The number of nitrogens with zero attached hydrogens (tertiary/aromatic N) is 4. The average molecular weight is 318 g/mol. The van der Waals surface area contributed by atoms with Crippen molar-refractivity contribution in [2.45, 2.75) is 32.9 Å². The molecule has 0 aliphatic carbocycles. The Balaban J connectivity index is 2.03. The minimum atomic E-state index is -0.0168. The first-order valence-corrected chi connectivity index (χ1v) is 8.25. The summed E-state index contributed by atoms with van der Waals surface area (Å²) in [4.78, 5) is 13.6. The molecular weight excluding hydrogens is 288 g/mol. The van der Waals surface area contributed by atoms with Crippen LogP contribution in [0.5, 0.6) is 0 Å². The molecule has 128 valence electrons. The molecule has 0 radical (unpaired) electrons. The van der Waals surface area contributed by atoms with E-state index in [0.717, 1.165) is 38.0 Å². The van der Waals surface area contributed by atoms with Gasteiger partial charge >= 0.3 is 0 Å². The Hall–Kier alpha value is -1.82. The molecule has 0 aromatic carbocycles. The molecule has 0 spiro atoms. The fourth-order valence-corrected chi connectivity index (χ4v) is 2.58. The van der Waals surface area contributed by atoms with Crippen molar-refractivity contribution >= 4 is 11.8 Å². The Morgan fingerprint density at radius 3 is 2.57 bits per heavy atom. The van der Waals surface area contributed by atoms with Crippen LogP contribution in [0, 0.1) is 0 Å². The zero-order valence-corrected chi connectivity index (χ0v) is 15.1. The van der Waals surface area contributed by atoms with Crippen molar-refractivity contribution in [1.29, 1.82) is 0 Å². The maximum Gasteiger partial charge on any atom is 0.191 e. The van der Waals surface area contributed by atoms with Crippen LogP contribution in [0.2, 0.25) is 0 Å². The highest BCUT2D eigenvalue weighted by Gasteiger charge is 2.18. The standard InChI is InChI=1S/C17H30N6/c1-17(2,3)21-16(18-4)20-13-14-7-6-8-19-15(14)23-11-9-22(5)10-12-23/h6-8H,9-13H2,1-5H3,(H2,18,20,21). The first-order valence-electron chi connectivity index (χ1n) is 8.25. The number of aromatic nitrogens is 1. The quantitative estimate of drug-likeness (QED) is 0.650. The molecule has 0 amide bonds. The lowest BCUT2D eigenvalue weighted by molar-refractivity contribution is 0.312. The smallest absolute Gasteiger partial charge is 0.191 e. The van der Waals surface area contributed by atoms with E-state index in [0.29, 0.717) is 6.54 Å². The van der Waals surface area contributed by atoms with Crippen molar-refractivity contribution < 1.29 is 0 Å². The summed E-state index contributed by atoms with van der Waals surface area (Å²) in [5.74, 6) is 1.89. The van der Waals surface area contributed by atoms with Crippen LogP contribution in [0.1, 0.15) is 26.3 Å². The van der Waals surface area contributed by atoms with Crippen molar-refractivity contribution in [3.63, 3.8) is 0 Å². The van der Waals surface area contributed by atoms with Crippen molar-refractivity contribution in [2.75, 3.05) is 45.2 Å². The highest BCUT2D eigenvalue weighted by atomic mass is 15.3. The lowest BCUT2D eigenvalue weighted by Gasteiger charge is -2.34. The number of piperazine rings is 1. The molecule has 6 heteroatoms. The van der Waals surface area contributed by atoms with Gasteiger partial charge in [-0.3, -0.25) is 4.99 Å². The molecule has 1 aliphatic rings. The summed E-state index contributed by atoms with van der Waals surface area (Å²) in [6.45, 7) is 11.3. The van der Waals surface area contributed by atoms with Gasteiger partial charge in [-0.15, -0.1) is 0 Å². The summed E-state index contributed by atoms with van der Waals surface area (Å²) in [6.07, 6.45) is 1.87. The van der Waals surface area contributed by atoms with Crippen LogP contribution in [0.25, 0.3) is 0 Å². The second kappa shape index (κ2) is 7.64. The highest BCUT2D eigenvalue weighted by Crippen LogP contribution is 2.18. The number of likely N-dealkylation sites (N-methyl/N-ethyl adjacent to an activating group) is 1. The summed E-state index contributed by atoms with van der Waals surface area (Å²) in [5, 5.41) is 6.77. The number of anilines is 1. The normalized spacial score (nSPS) is 17.3. The van der Waals surface area contributed by atoms with Gasteiger partial charge in [-0.25, -0.2) is 4.98 Å². The second-order valence-corrected chi connectivity index (χ2v) is 7.08. The zero-order valence-electron chi connectivity index (χ0n) is 15.1. The molecule has 0 atom stereocenters. The van der Waals surface area contributed by atoms with E-state index in [1.807, 2.05) is 12.3 Å². The van der Waals surface area contributed by atoms with Crippen molar-refractivity contribution in [3.8, 4) is 0 Å². The van der Waals surface area contributed by atoms with Crippen LogP contribution in [-0.2, 0) is 6.54 Å². The van der Waals surface area contributed by atoms with Crippen LogP contribution in [0.4, 0.5) is 5.82 Å². The third kappa shape index (κ3) is 5.39. The van der Waals surface area contributed by atoms with Crippen molar-refractivity contribution in [2.24, 2.45) is 4.99 Å². The molecule has 0 unspecified atom stereocenters.